The molecule has 3 rings (SSSR count). The van der Waals surface area contributed by atoms with E-state index < -0.39 is 35.7 Å². The summed E-state index contributed by atoms with van der Waals surface area (Å²) in [5.74, 6) is -3.34. The van der Waals surface area contributed by atoms with Crippen LogP contribution in [-0.4, -0.2) is 50.1 Å². The van der Waals surface area contributed by atoms with Gasteiger partial charge in [0.2, 0.25) is 5.91 Å². The number of methoxy groups -OCH3 is 2. The zero-order valence-corrected chi connectivity index (χ0v) is 10.5. The minimum atomic E-state index is -0.791. The molecular weight excluding hydrogens is 238 g/mol. The van der Waals surface area contributed by atoms with Gasteiger partial charge in [0, 0.05) is 7.05 Å². The maximum absolute atomic E-state index is 12.0. The van der Waals surface area contributed by atoms with Crippen molar-refractivity contribution in [3.05, 3.63) is 12.2 Å². The molecule has 0 radical (unpaired) electrons. The minimum Gasteiger partial charge on any atom is -0.469 e. The molecule has 3 aliphatic rings. The van der Waals surface area contributed by atoms with Crippen molar-refractivity contribution < 1.29 is 23.9 Å². The van der Waals surface area contributed by atoms with Crippen LogP contribution in [0, 0.1) is 17.8 Å². The Hall–Kier alpha value is -1.85. The Morgan fingerprint density at radius 3 is 2.22 bits per heavy atom. The lowest BCUT2D eigenvalue weighted by Crippen LogP contribution is -2.61. The van der Waals surface area contributed by atoms with E-state index in [9.17, 15) is 14.4 Å². The first-order valence-corrected chi connectivity index (χ1v) is 5.63. The van der Waals surface area contributed by atoms with Crippen LogP contribution in [0.2, 0.25) is 0 Å². The molecule has 6 heteroatoms. The van der Waals surface area contributed by atoms with Gasteiger partial charge in [0.1, 0.15) is 0 Å². The molecule has 0 aromatic rings. The number of esters is 2. The Bertz CT molecular complexity index is 430. The highest BCUT2D eigenvalue weighted by atomic mass is 16.5. The molecular formula is C12H15NO5. The minimum absolute atomic E-state index is 0.168. The molecule has 98 valence electrons. The van der Waals surface area contributed by atoms with Crippen LogP contribution >= 0.6 is 0 Å². The van der Waals surface area contributed by atoms with Crippen molar-refractivity contribution >= 4 is 17.8 Å². The lowest BCUT2D eigenvalue weighted by atomic mass is 9.68. The highest BCUT2D eigenvalue weighted by Gasteiger charge is 2.55. The van der Waals surface area contributed by atoms with Crippen LogP contribution in [0.4, 0.5) is 0 Å². The lowest BCUT2D eigenvalue weighted by molar-refractivity contribution is -0.171. The predicted molar refractivity (Wildman–Crippen MR) is 60.2 cm³/mol. The summed E-state index contributed by atoms with van der Waals surface area (Å²) >= 11 is 0. The standard InChI is InChI=1S/C12H15NO5/c1-13-7-5-4-6(10(13)14)8(11(15)17-2)9(7)12(16)18-3/h4-9H,1-3H3/t6-,7-,8+,9-/m1/s1. The summed E-state index contributed by atoms with van der Waals surface area (Å²) < 4.78 is 9.43. The first-order valence-electron chi connectivity index (χ1n) is 5.63. The number of hydrogen-bond donors (Lipinski definition) is 0. The fourth-order valence-corrected chi connectivity index (χ4v) is 2.75. The molecule has 2 bridgehead atoms. The topological polar surface area (TPSA) is 72.9 Å². The average Bonchev–Trinajstić information content (AvgIpc) is 2.41. The molecule has 0 saturated carbocycles. The Morgan fingerprint density at radius 1 is 1.11 bits per heavy atom. The SMILES string of the molecule is COC(=O)[C@@H]1[C@H](C(=O)OC)[C@H]2C=C[C@H]1C(=O)N2C. The third-order valence-corrected chi connectivity index (χ3v) is 3.68. The molecule has 0 N–H and O–H groups in total. The van der Waals surface area contributed by atoms with Gasteiger partial charge in [-0.25, -0.2) is 0 Å². The van der Waals surface area contributed by atoms with Gasteiger partial charge in [0.15, 0.2) is 0 Å². The molecule has 18 heavy (non-hydrogen) atoms. The summed E-state index contributed by atoms with van der Waals surface area (Å²) in [6, 6.07) is -0.445. The zero-order valence-electron chi connectivity index (χ0n) is 10.5. The molecule has 0 aromatic carbocycles. The van der Waals surface area contributed by atoms with Gasteiger partial charge in [-0.05, 0) is 0 Å². The Labute approximate surface area is 105 Å². The first kappa shape index (κ1) is 12.6. The second-order valence-electron chi connectivity index (χ2n) is 4.45. The van der Waals surface area contributed by atoms with Gasteiger partial charge in [-0.3, -0.25) is 14.4 Å². The van der Waals surface area contributed by atoms with Crippen molar-refractivity contribution in [3.8, 4) is 0 Å². The van der Waals surface area contributed by atoms with Crippen molar-refractivity contribution in [2.45, 2.75) is 6.04 Å². The smallest absolute Gasteiger partial charge is 0.312 e. The Morgan fingerprint density at radius 2 is 1.67 bits per heavy atom. The highest BCUT2D eigenvalue weighted by Crippen LogP contribution is 2.40. The van der Waals surface area contributed by atoms with Crippen LogP contribution in [0.1, 0.15) is 0 Å². The van der Waals surface area contributed by atoms with Crippen molar-refractivity contribution in [1.82, 2.24) is 4.90 Å². The Balaban J connectivity index is 2.43. The van der Waals surface area contributed by atoms with Crippen LogP contribution in [0.25, 0.3) is 0 Å². The molecule has 1 fully saturated rings. The molecule has 2 heterocycles. The summed E-state index contributed by atoms with van der Waals surface area (Å²) in [5, 5.41) is 0. The molecule has 1 amide bonds. The Kier molecular flexibility index (Phi) is 3.11. The average molecular weight is 253 g/mol. The number of rotatable bonds is 2. The van der Waals surface area contributed by atoms with E-state index in [1.165, 1.54) is 19.1 Å². The number of nitrogens with zero attached hydrogens (tertiary/aromatic N) is 1. The van der Waals surface area contributed by atoms with Gasteiger partial charge in [0.25, 0.3) is 0 Å². The third kappa shape index (κ3) is 1.60. The monoisotopic (exact) mass is 253 g/mol. The van der Waals surface area contributed by atoms with Crippen molar-refractivity contribution in [2.75, 3.05) is 21.3 Å². The molecule has 1 aliphatic carbocycles. The molecule has 4 atom stereocenters. The fraction of sp³-hybridized carbons (Fsp3) is 0.583. The summed E-state index contributed by atoms with van der Waals surface area (Å²) in [7, 11) is 4.13. The quantitative estimate of drug-likeness (QED) is 0.494. The molecule has 0 unspecified atom stereocenters. The van der Waals surface area contributed by atoms with Gasteiger partial charge < -0.3 is 14.4 Å². The molecule has 2 aliphatic heterocycles. The number of ether oxygens (including phenoxy) is 2. The van der Waals surface area contributed by atoms with Crippen LogP contribution in [0.3, 0.4) is 0 Å². The number of amides is 1. The van der Waals surface area contributed by atoms with E-state index in [0.717, 1.165) is 0 Å². The van der Waals surface area contributed by atoms with Gasteiger partial charge in [-0.15, -0.1) is 0 Å². The summed E-state index contributed by atoms with van der Waals surface area (Å²) in [4.78, 5) is 37.1. The van der Waals surface area contributed by atoms with E-state index in [1.807, 2.05) is 0 Å². The largest absolute Gasteiger partial charge is 0.469 e. The van der Waals surface area contributed by atoms with Crippen LogP contribution < -0.4 is 0 Å². The first-order chi connectivity index (χ1) is 8.52. The van der Waals surface area contributed by atoms with Crippen molar-refractivity contribution in [2.24, 2.45) is 17.8 Å². The number of piperidine rings is 1. The van der Waals surface area contributed by atoms with E-state index in [4.69, 9.17) is 9.47 Å². The second kappa shape index (κ2) is 4.44. The number of hydrogen-bond acceptors (Lipinski definition) is 5. The van der Waals surface area contributed by atoms with E-state index >= 15 is 0 Å². The van der Waals surface area contributed by atoms with E-state index in [1.54, 1.807) is 19.2 Å². The number of carbonyl (C=O) groups is 3. The maximum atomic E-state index is 12.0. The van der Waals surface area contributed by atoms with Crippen LogP contribution in [0.5, 0.6) is 0 Å². The van der Waals surface area contributed by atoms with E-state index in [-0.39, 0.29) is 5.91 Å². The molecule has 0 spiro atoms. The van der Waals surface area contributed by atoms with Gasteiger partial charge >= 0.3 is 11.9 Å². The third-order valence-electron chi connectivity index (χ3n) is 3.68. The maximum Gasteiger partial charge on any atom is 0.312 e. The number of fused-ring (bicyclic) bond motifs is 2. The van der Waals surface area contributed by atoms with Crippen LogP contribution in [0.15, 0.2) is 12.2 Å². The summed E-state index contributed by atoms with van der Waals surface area (Å²) in [5.41, 5.74) is 0. The number of likely N-dealkylation sites (N-methyl/N-ethyl adjacent to an activating group) is 1. The molecule has 1 saturated heterocycles. The fourth-order valence-electron chi connectivity index (χ4n) is 2.75. The van der Waals surface area contributed by atoms with Crippen molar-refractivity contribution in [3.63, 3.8) is 0 Å². The number of carbonyl (C=O) groups excluding carboxylic acids is 3. The van der Waals surface area contributed by atoms with Gasteiger partial charge in [-0.2, -0.15) is 0 Å². The van der Waals surface area contributed by atoms with Crippen LogP contribution in [-0.2, 0) is 23.9 Å². The van der Waals surface area contributed by atoms with Crippen molar-refractivity contribution in [1.29, 1.82) is 0 Å². The lowest BCUT2D eigenvalue weighted by Gasteiger charge is -2.46. The summed E-state index contributed by atoms with van der Waals surface area (Å²) in [6.45, 7) is 0. The zero-order chi connectivity index (χ0) is 13.4. The highest BCUT2D eigenvalue weighted by molar-refractivity contribution is 5.94. The van der Waals surface area contributed by atoms with Gasteiger partial charge in [0.05, 0.1) is 38.0 Å². The molecule has 6 nitrogen and oxygen atoms in total. The van der Waals surface area contributed by atoms with Gasteiger partial charge in [-0.1, -0.05) is 12.2 Å². The predicted octanol–water partition coefficient (Wildman–Crippen LogP) is -0.409. The second-order valence-corrected chi connectivity index (χ2v) is 4.45. The van der Waals surface area contributed by atoms with E-state index in [2.05, 4.69) is 0 Å². The summed E-state index contributed by atoms with van der Waals surface area (Å²) in [6.07, 6.45) is 3.45. The normalized spacial score (nSPS) is 33.5. The molecule has 0 aromatic heterocycles. The van der Waals surface area contributed by atoms with E-state index in [0.29, 0.717) is 0 Å².